The van der Waals surface area contributed by atoms with E-state index >= 15 is 0 Å². The summed E-state index contributed by atoms with van der Waals surface area (Å²) >= 11 is 0. The van der Waals surface area contributed by atoms with Gasteiger partial charge in [-0.3, -0.25) is 0 Å². The minimum atomic E-state index is -0.0330. The van der Waals surface area contributed by atoms with Crippen molar-refractivity contribution in [1.82, 2.24) is 15.5 Å². The van der Waals surface area contributed by atoms with Crippen LogP contribution in [0.1, 0.15) is 36.7 Å². The Kier molecular flexibility index (Phi) is 3.88. The van der Waals surface area contributed by atoms with Gasteiger partial charge in [0.15, 0.2) is 0 Å². The first-order chi connectivity index (χ1) is 8.35. The Balaban J connectivity index is 2.23. The number of hydrogen-bond acceptors (Lipinski definition) is 4. The molecule has 1 unspecified atom stereocenters. The van der Waals surface area contributed by atoms with Gasteiger partial charge < -0.3 is 9.73 Å². The highest BCUT2D eigenvalue weighted by Crippen LogP contribution is 2.20. The molecule has 0 amide bonds. The van der Waals surface area contributed by atoms with Gasteiger partial charge in [0.05, 0.1) is 0 Å². The van der Waals surface area contributed by atoms with Crippen molar-refractivity contribution in [3.63, 3.8) is 0 Å². The number of aromatic nitrogens is 2. The molecule has 0 fully saturated rings. The molecule has 1 aromatic heterocycles. The molecule has 4 heteroatoms. The van der Waals surface area contributed by atoms with E-state index in [1.165, 1.54) is 0 Å². The predicted molar refractivity (Wildman–Crippen MR) is 65.6 cm³/mol. The molecule has 0 bridgehead atoms. The van der Waals surface area contributed by atoms with E-state index < -0.39 is 0 Å². The Morgan fingerprint density at radius 3 is 2.65 bits per heavy atom. The summed E-state index contributed by atoms with van der Waals surface area (Å²) in [6.07, 6.45) is 1.84. The standard InChI is InChI=1S/C13H17N3O/c1-3-7-11-15-16-13(17-11)12(14-2)10-8-5-4-6-9-10/h4-6,8-9,12,14H,3,7H2,1-2H3. The molecule has 0 aliphatic heterocycles. The van der Waals surface area contributed by atoms with Gasteiger partial charge in [0.2, 0.25) is 11.8 Å². The van der Waals surface area contributed by atoms with E-state index in [9.17, 15) is 0 Å². The second-order valence-electron chi connectivity index (χ2n) is 3.92. The van der Waals surface area contributed by atoms with Gasteiger partial charge in [-0.15, -0.1) is 10.2 Å². The van der Waals surface area contributed by atoms with Crippen molar-refractivity contribution in [2.75, 3.05) is 7.05 Å². The SMILES string of the molecule is CCCc1nnc(C(NC)c2ccccc2)o1. The Bertz CT molecular complexity index is 453. The maximum absolute atomic E-state index is 5.65. The van der Waals surface area contributed by atoms with Crippen molar-refractivity contribution in [3.8, 4) is 0 Å². The quantitative estimate of drug-likeness (QED) is 0.858. The number of rotatable bonds is 5. The molecule has 4 nitrogen and oxygen atoms in total. The van der Waals surface area contributed by atoms with E-state index in [1.807, 2.05) is 37.4 Å². The maximum Gasteiger partial charge on any atom is 0.237 e. The van der Waals surface area contributed by atoms with Crippen LogP contribution in [0.5, 0.6) is 0 Å². The molecule has 0 spiro atoms. The second kappa shape index (κ2) is 5.59. The fourth-order valence-corrected chi connectivity index (χ4v) is 1.78. The van der Waals surface area contributed by atoms with Crippen LogP contribution in [0, 0.1) is 0 Å². The molecular formula is C13H17N3O. The van der Waals surface area contributed by atoms with Crippen LogP contribution in [-0.2, 0) is 6.42 Å². The van der Waals surface area contributed by atoms with Crippen LogP contribution in [-0.4, -0.2) is 17.2 Å². The highest BCUT2D eigenvalue weighted by molar-refractivity contribution is 5.23. The molecule has 1 aromatic carbocycles. The van der Waals surface area contributed by atoms with Crippen LogP contribution in [0.2, 0.25) is 0 Å². The summed E-state index contributed by atoms with van der Waals surface area (Å²) in [4.78, 5) is 0. The van der Waals surface area contributed by atoms with Crippen LogP contribution >= 0.6 is 0 Å². The number of nitrogens with zero attached hydrogens (tertiary/aromatic N) is 2. The lowest BCUT2D eigenvalue weighted by Crippen LogP contribution is -2.17. The Labute approximate surface area is 101 Å². The summed E-state index contributed by atoms with van der Waals surface area (Å²) in [7, 11) is 1.89. The van der Waals surface area contributed by atoms with Gasteiger partial charge in [0, 0.05) is 6.42 Å². The monoisotopic (exact) mass is 231 g/mol. The Morgan fingerprint density at radius 1 is 1.24 bits per heavy atom. The van der Waals surface area contributed by atoms with Crippen LogP contribution < -0.4 is 5.32 Å². The third-order valence-electron chi connectivity index (χ3n) is 2.61. The number of hydrogen-bond donors (Lipinski definition) is 1. The molecule has 2 rings (SSSR count). The third kappa shape index (κ3) is 2.71. The molecule has 0 aliphatic carbocycles. The lowest BCUT2D eigenvalue weighted by Gasteiger charge is -2.11. The van der Waals surface area contributed by atoms with Crippen molar-refractivity contribution in [1.29, 1.82) is 0 Å². The summed E-state index contributed by atoms with van der Waals surface area (Å²) < 4.78 is 5.65. The topological polar surface area (TPSA) is 51.0 Å². The van der Waals surface area contributed by atoms with Crippen molar-refractivity contribution in [3.05, 3.63) is 47.7 Å². The fraction of sp³-hybridized carbons (Fsp3) is 0.385. The van der Waals surface area contributed by atoms with Gasteiger partial charge in [-0.25, -0.2) is 0 Å². The number of aryl methyl sites for hydroxylation is 1. The van der Waals surface area contributed by atoms with Gasteiger partial charge in [0.1, 0.15) is 6.04 Å². The fourth-order valence-electron chi connectivity index (χ4n) is 1.78. The maximum atomic E-state index is 5.65. The zero-order valence-electron chi connectivity index (χ0n) is 10.2. The molecule has 17 heavy (non-hydrogen) atoms. The number of benzene rings is 1. The van der Waals surface area contributed by atoms with E-state index in [1.54, 1.807) is 0 Å². The molecule has 1 N–H and O–H groups in total. The van der Waals surface area contributed by atoms with Crippen molar-refractivity contribution < 1.29 is 4.42 Å². The molecule has 0 aliphatic rings. The van der Waals surface area contributed by atoms with Crippen LogP contribution in [0.25, 0.3) is 0 Å². The van der Waals surface area contributed by atoms with Gasteiger partial charge in [0.25, 0.3) is 0 Å². The van der Waals surface area contributed by atoms with E-state index in [0.29, 0.717) is 11.8 Å². The van der Waals surface area contributed by atoms with Gasteiger partial charge in [-0.05, 0) is 19.0 Å². The van der Waals surface area contributed by atoms with Crippen molar-refractivity contribution in [2.24, 2.45) is 0 Å². The molecule has 2 aromatic rings. The molecule has 90 valence electrons. The van der Waals surface area contributed by atoms with Crippen LogP contribution in [0.3, 0.4) is 0 Å². The van der Waals surface area contributed by atoms with E-state index in [0.717, 1.165) is 18.4 Å². The predicted octanol–water partition coefficient (Wildman–Crippen LogP) is 2.33. The van der Waals surface area contributed by atoms with Crippen molar-refractivity contribution >= 4 is 0 Å². The Morgan fingerprint density at radius 2 is 2.00 bits per heavy atom. The third-order valence-corrected chi connectivity index (χ3v) is 2.61. The zero-order valence-corrected chi connectivity index (χ0v) is 10.2. The van der Waals surface area contributed by atoms with Gasteiger partial charge in [-0.1, -0.05) is 37.3 Å². The lowest BCUT2D eigenvalue weighted by molar-refractivity contribution is 0.414. The molecule has 0 saturated carbocycles. The molecule has 0 radical (unpaired) electrons. The Hall–Kier alpha value is -1.68. The van der Waals surface area contributed by atoms with Crippen LogP contribution in [0.15, 0.2) is 34.7 Å². The minimum Gasteiger partial charge on any atom is -0.423 e. The second-order valence-corrected chi connectivity index (χ2v) is 3.92. The molecule has 0 saturated heterocycles. The first-order valence-electron chi connectivity index (χ1n) is 5.89. The normalized spacial score (nSPS) is 12.6. The zero-order chi connectivity index (χ0) is 12.1. The largest absolute Gasteiger partial charge is 0.423 e. The molecule has 1 atom stereocenters. The van der Waals surface area contributed by atoms with E-state index in [2.05, 4.69) is 22.4 Å². The lowest BCUT2D eigenvalue weighted by atomic mass is 10.1. The van der Waals surface area contributed by atoms with Crippen molar-refractivity contribution in [2.45, 2.75) is 25.8 Å². The van der Waals surface area contributed by atoms with E-state index in [-0.39, 0.29) is 6.04 Å². The van der Waals surface area contributed by atoms with Gasteiger partial charge >= 0.3 is 0 Å². The number of nitrogens with one attached hydrogen (secondary N) is 1. The smallest absolute Gasteiger partial charge is 0.237 e. The van der Waals surface area contributed by atoms with Crippen LogP contribution in [0.4, 0.5) is 0 Å². The minimum absolute atomic E-state index is 0.0330. The van der Waals surface area contributed by atoms with Gasteiger partial charge in [-0.2, -0.15) is 0 Å². The average molecular weight is 231 g/mol. The van der Waals surface area contributed by atoms with E-state index in [4.69, 9.17) is 4.42 Å². The highest BCUT2D eigenvalue weighted by Gasteiger charge is 2.18. The highest BCUT2D eigenvalue weighted by atomic mass is 16.4. The summed E-state index contributed by atoms with van der Waals surface area (Å²) in [5.41, 5.74) is 1.13. The summed E-state index contributed by atoms with van der Waals surface area (Å²) in [6, 6.07) is 10.1. The first-order valence-corrected chi connectivity index (χ1v) is 5.89. The molecule has 1 heterocycles. The average Bonchev–Trinajstić information content (AvgIpc) is 2.81. The molecular weight excluding hydrogens is 214 g/mol. The first kappa shape index (κ1) is 11.8. The summed E-state index contributed by atoms with van der Waals surface area (Å²) in [5, 5.41) is 11.3. The summed E-state index contributed by atoms with van der Waals surface area (Å²) in [5.74, 6) is 1.33. The summed E-state index contributed by atoms with van der Waals surface area (Å²) in [6.45, 7) is 2.09.